The van der Waals surface area contributed by atoms with Crippen LogP contribution in [-0.4, -0.2) is 4.98 Å². The van der Waals surface area contributed by atoms with E-state index in [1.165, 1.54) is 11.1 Å². The van der Waals surface area contributed by atoms with Gasteiger partial charge in [0.1, 0.15) is 5.52 Å². The third-order valence-corrected chi connectivity index (χ3v) is 9.07. The Morgan fingerprint density at radius 2 is 0.833 bits per heavy atom. The molecule has 0 aliphatic carbocycles. The summed E-state index contributed by atoms with van der Waals surface area (Å²) in [6, 6.07) is 63.7. The molecule has 0 radical (unpaired) electrons. The smallest absolute Gasteiger partial charge is 0.227 e. The van der Waals surface area contributed by atoms with Crippen LogP contribution in [0.2, 0.25) is 0 Å². The SMILES string of the molecule is c1ccc(-c2cc3c4ccccc4c4nc(-c5ccc(N(c6ccccc6)c6ccccc6)cc5)oc4c3cc2-c2ccccc2)cc1. The van der Waals surface area contributed by atoms with Gasteiger partial charge < -0.3 is 9.32 Å². The van der Waals surface area contributed by atoms with Crippen LogP contribution in [0.25, 0.3) is 66.4 Å². The molecule has 0 fully saturated rings. The van der Waals surface area contributed by atoms with Gasteiger partial charge in [0.05, 0.1) is 0 Å². The molecule has 8 aromatic carbocycles. The zero-order valence-electron chi connectivity index (χ0n) is 26.1. The van der Waals surface area contributed by atoms with Crippen LogP contribution < -0.4 is 4.90 Å². The van der Waals surface area contributed by atoms with Crippen LogP contribution in [0, 0.1) is 0 Å². The van der Waals surface area contributed by atoms with Crippen molar-refractivity contribution in [2.24, 2.45) is 0 Å². The van der Waals surface area contributed by atoms with Gasteiger partial charge >= 0.3 is 0 Å². The summed E-state index contributed by atoms with van der Waals surface area (Å²) in [7, 11) is 0. The molecule has 0 N–H and O–H groups in total. The summed E-state index contributed by atoms with van der Waals surface area (Å²) in [5.74, 6) is 0.605. The first-order valence-corrected chi connectivity index (χ1v) is 16.2. The molecule has 3 heteroatoms. The van der Waals surface area contributed by atoms with E-state index in [4.69, 9.17) is 9.40 Å². The van der Waals surface area contributed by atoms with Gasteiger partial charge in [0, 0.05) is 33.4 Å². The molecule has 0 amide bonds. The minimum Gasteiger partial charge on any atom is -0.435 e. The molecule has 0 unspecified atom stereocenters. The molecule has 0 saturated heterocycles. The number of hydrogen-bond acceptors (Lipinski definition) is 3. The molecule has 9 rings (SSSR count). The molecular weight excluding hydrogens is 585 g/mol. The minimum atomic E-state index is 0.605. The van der Waals surface area contributed by atoms with Crippen molar-refractivity contribution in [1.29, 1.82) is 0 Å². The highest BCUT2D eigenvalue weighted by molar-refractivity contribution is 6.24. The first-order chi connectivity index (χ1) is 23.8. The van der Waals surface area contributed by atoms with Crippen LogP contribution in [-0.2, 0) is 0 Å². The van der Waals surface area contributed by atoms with Gasteiger partial charge in [-0.25, -0.2) is 4.98 Å². The van der Waals surface area contributed by atoms with Gasteiger partial charge in [-0.05, 0) is 93.7 Å². The van der Waals surface area contributed by atoms with Gasteiger partial charge in [0.15, 0.2) is 5.58 Å². The summed E-state index contributed by atoms with van der Waals surface area (Å²) in [6.07, 6.45) is 0. The first kappa shape index (κ1) is 27.8. The number of oxazole rings is 1. The minimum absolute atomic E-state index is 0.605. The largest absolute Gasteiger partial charge is 0.435 e. The van der Waals surface area contributed by atoms with Crippen LogP contribution in [0.5, 0.6) is 0 Å². The summed E-state index contributed by atoms with van der Waals surface area (Å²) in [5, 5.41) is 4.44. The van der Waals surface area contributed by atoms with E-state index < -0.39 is 0 Å². The number of fused-ring (bicyclic) bond motifs is 6. The maximum Gasteiger partial charge on any atom is 0.227 e. The Hall–Kier alpha value is -6.45. The second kappa shape index (κ2) is 11.7. The molecule has 0 bridgehead atoms. The lowest BCUT2D eigenvalue weighted by molar-refractivity contribution is 0.623. The molecule has 1 aromatic heterocycles. The van der Waals surface area contributed by atoms with Crippen molar-refractivity contribution in [3.63, 3.8) is 0 Å². The van der Waals surface area contributed by atoms with Gasteiger partial charge in [-0.3, -0.25) is 0 Å². The zero-order chi connectivity index (χ0) is 31.9. The monoisotopic (exact) mass is 614 g/mol. The molecule has 226 valence electrons. The van der Waals surface area contributed by atoms with E-state index >= 15 is 0 Å². The molecule has 9 aromatic rings. The summed E-state index contributed by atoms with van der Waals surface area (Å²) < 4.78 is 6.76. The average Bonchev–Trinajstić information content (AvgIpc) is 3.63. The summed E-state index contributed by atoms with van der Waals surface area (Å²) in [6.45, 7) is 0. The third-order valence-electron chi connectivity index (χ3n) is 9.07. The quantitative estimate of drug-likeness (QED) is 0.175. The van der Waals surface area contributed by atoms with Crippen molar-refractivity contribution in [2.45, 2.75) is 0 Å². The Morgan fingerprint density at radius 3 is 1.40 bits per heavy atom. The standard InChI is InChI=1S/C45H30N2O/c1-5-15-31(16-6-1)39-29-41-37-23-13-14-24-38(37)43-44(42(41)30-40(39)32-17-7-2-8-18-32)48-45(46-43)33-25-27-36(28-26-33)47(34-19-9-3-10-20-34)35-21-11-4-12-22-35/h1-30H. The van der Waals surface area contributed by atoms with E-state index in [1.54, 1.807) is 0 Å². The second-order valence-corrected chi connectivity index (χ2v) is 12.0. The fourth-order valence-corrected chi connectivity index (χ4v) is 6.81. The van der Waals surface area contributed by atoms with Crippen LogP contribution in [0.4, 0.5) is 17.1 Å². The van der Waals surface area contributed by atoms with Gasteiger partial charge in [-0.1, -0.05) is 121 Å². The zero-order valence-corrected chi connectivity index (χ0v) is 26.1. The fraction of sp³-hybridized carbons (Fsp3) is 0. The van der Waals surface area contributed by atoms with Crippen molar-refractivity contribution >= 4 is 49.7 Å². The Kier molecular flexibility index (Phi) is 6.80. The molecular formula is C45H30N2O. The predicted octanol–water partition coefficient (Wildman–Crippen LogP) is 12.6. The van der Waals surface area contributed by atoms with Crippen molar-refractivity contribution in [3.05, 3.63) is 182 Å². The maximum atomic E-state index is 6.76. The third kappa shape index (κ3) is 4.81. The number of aromatic nitrogens is 1. The summed E-state index contributed by atoms with van der Waals surface area (Å²) >= 11 is 0. The molecule has 1 heterocycles. The van der Waals surface area contributed by atoms with E-state index in [9.17, 15) is 0 Å². The van der Waals surface area contributed by atoms with Crippen molar-refractivity contribution in [2.75, 3.05) is 4.90 Å². The van der Waals surface area contributed by atoms with Gasteiger partial charge in [-0.15, -0.1) is 0 Å². The highest BCUT2D eigenvalue weighted by atomic mass is 16.3. The maximum absolute atomic E-state index is 6.76. The van der Waals surface area contributed by atoms with Crippen LogP contribution >= 0.6 is 0 Å². The van der Waals surface area contributed by atoms with Crippen molar-refractivity contribution in [1.82, 2.24) is 4.98 Å². The average molecular weight is 615 g/mol. The van der Waals surface area contributed by atoms with E-state index in [0.29, 0.717) is 5.89 Å². The molecule has 3 nitrogen and oxygen atoms in total. The lowest BCUT2D eigenvalue weighted by Gasteiger charge is -2.25. The van der Waals surface area contributed by atoms with E-state index in [2.05, 4.69) is 175 Å². The first-order valence-electron chi connectivity index (χ1n) is 16.2. The molecule has 0 atom stereocenters. The molecule has 0 aliphatic rings. The van der Waals surface area contributed by atoms with Crippen LogP contribution in [0.1, 0.15) is 0 Å². The molecule has 48 heavy (non-hydrogen) atoms. The summed E-state index contributed by atoms with van der Waals surface area (Å²) in [5.41, 5.74) is 10.6. The molecule has 0 saturated carbocycles. The number of rotatable bonds is 6. The number of benzene rings is 8. The lowest BCUT2D eigenvalue weighted by atomic mass is 9.89. The molecule has 0 spiro atoms. The topological polar surface area (TPSA) is 29.3 Å². The highest BCUT2D eigenvalue weighted by Crippen LogP contribution is 2.43. The Morgan fingerprint density at radius 1 is 0.375 bits per heavy atom. The number of para-hydroxylation sites is 2. The predicted molar refractivity (Wildman–Crippen MR) is 200 cm³/mol. The van der Waals surface area contributed by atoms with E-state index in [1.807, 2.05) is 12.1 Å². The van der Waals surface area contributed by atoms with Crippen LogP contribution in [0.15, 0.2) is 186 Å². The van der Waals surface area contributed by atoms with Crippen molar-refractivity contribution < 1.29 is 4.42 Å². The highest BCUT2D eigenvalue weighted by Gasteiger charge is 2.20. The van der Waals surface area contributed by atoms with Gasteiger partial charge in [0.25, 0.3) is 0 Å². The van der Waals surface area contributed by atoms with Gasteiger partial charge in [0.2, 0.25) is 5.89 Å². The van der Waals surface area contributed by atoms with E-state index in [0.717, 1.165) is 66.4 Å². The Bertz CT molecular complexity index is 2480. The van der Waals surface area contributed by atoms with E-state index in [-0.39, 0.29) is 0 Å². The Labute approximate surface area is 279 Å². The van der Waals surface area contributed by atoms with Crippen LogP contribution in [0.3, 0.4) is 0 Å². The Balaban J connectivity index is 1.23. The number of anilines is 3. The van der Waals surface area contributed by atoms with Gasteiger partial charge in [-0.2, -0.15) is 0 Å². The van der Waals surface area contributed by atoms with Crippen molar-refractivity contribution in [3.8, 4) is 33.7 Å². The normalized spacial score (nSPS) is 11.3. The summed E-state index contributed by atoms with van der Waals surface area (Å²) in [4.78, 5) is 7.41. The fourth-order valence-electron chi connectivity index (χ4n) is 6.81. The second-order valence-electron chi connectivity index (χ2n) is 12.0. The number of nitrogens with zero attached hydrogens (tertiary/aromatic N) is 2. The number of hydrogen-bond donors (Lipinski definition) is 0. The molecule has 0 aliphatic heterocycles. The lowest BCUT2D eigenvalue weighted by Crippen LogP contribution is -2.09.